The zero-order valence-corrected chi connectivity index (χ0v) is 23.3. The van der Waals surface area contributed by atoms with Crippen molar-refractivity contribution in [1.29, 1.82) is 0 Å². The van der Waals surface area contributed by atoms with E-state index in [0.717, 1.165) is 50.2 Å². The summed E-state index contributed by atoms with van der Waals surface area (Å²) in [4.78, 5) is 19.8. The Morgan fingerprint density at radius 3 is 2.33 bits per heavy atom. The number of hydrogen-bond acceptors (Lipinski definition) is 9. The summed E-state index contributed by atoms with van der Waals surface area (Å²) in [5.74, 6) is 0.990. The highest BCUT2D eigenvalue weighted by molar-refractivity contribution is 5.69. The Labute approximate surface area is 241 Å². The van der Waals surface area contributed by atoms with Crippen LogP contribution in [-0.4, -0.2) is 88.7 Å². The Morgan fingerprint density at radius 2 is 1.62 bits per heavy atom. The van der Waals surface area contributed by atoms with Crippen molar-refractivity contribution in [1.82, 2.24) is 29.6 Å². The number of hydrogen-bond donors (Lipinski definition) is 1. The Morgan fingerprint density at radius 1 is 0.857 bits per heavy atom. The lowest BCUT2D eigenvalue weighted by atomic mass is 10.0. The molecule has 2 aliphatic rings. The molecule has 220 valence electrons. The zero-order chi connectivity index (χ0) is 29.1. The van der Waals surface area contributed by atoms with Crippen LogP contribution in [0.4, 0.5) is 36.4 Å². The second-order valence-corrected chi connectivity index (χ2v) is 10.2. The van der Waals surface area contributed by atoms with Gasteiger partial charge in [-0.15, -0.1) is 5.10 Å². The summed E-state index contributed by atoms with van der Waals surface area (Å²) in [6, 6.07) is 13.2. The van der Waals surface area contributed by atoms with E-state index in [0.29, 0.717) is 49.2 Å². The summed E-state index contributed by atoms with van der Waals surface area (Å²) in [5, 5.41) is 7.81. The van der Waals surface area contributed by atoms with Crippen LogP contribution in [0.1, 0.15) is 12.5 Å². The molecule has 0 bridgehead atoms. The van der Waals surface area contributed by atoms with E-state index in [9.17, 15) is 13.2 Å². The van der Waals surface area contributed by atoms with Gasteiger partial charge in [-0.05, 0) is 55.1 Å². The van der Waals surface area contributed by atoms with Crippen LogP contribution in [0.5, 0.6) is 0 Å². The predicted octanol–water partition coefficient (Wildman–Crippen LogP) is 4.47. The lowest BCUT2D eigenvalue weighted by Gasteiger charge is -2.33. The van der Waals surface area contributed by atoms with E-state index in [-0.39, 0.29) is 5.95 Å². The standard InChI is InChI=1S/C29H32F3N9O/c1-2-38-9-11-40(12-10-38)28-34-20-41(37-28)24-5-3-23(4-6-24)35-27-33-8-7-26(36-27)21-17-22(29(30,31)32)19-25(18-21)39-13-15-42-16-14-39/h3-8,17-20H,2,9-16H2,1H3,(H,33,35,36). The number of nitrogens with zero attached hydrogens (tertiary/aromatic N) is 8. The first-order chi connectivity index (χ1) is 20.4. The normalized spacial score (nSPS) is 16.6. The summed E-state index contributed by atoms with van der Waals surface area (Å²) < 4.78 is 48.4. The predicted molar refractivity (Wildman–Crippen MR) is 154 cm³/mol. The lowest BCUT2D eigenvalue weighted by Crippen LogP contribution is -2.46. The first-order valence-electron chi connectivity index (χ1n) is 14.0. The first-order valence-corrected chi connectivity index (χ1v) is 14.0. The number of benzene rings is 2. The van der Waals surface area contributed by atoms with Gasteiger partial charge < -0.3 is 24.8 Å². The molecule has 2 fully saturated rings. The van der Waals surface area contributed by atoms with Crippen molar-refractivity contribution < 1.29 is 17.9 Å². The lowest BCUT2D eigenvalue weighted by molar-refractivity contribution is -0.137. The molecule has 0 spiro atoms. The van der Waals surface area contributed by atoms with E-state index >= 15 is 0 Å². The Kier molecular flexibility index (Phi) is 7.94. The fourth-order valence-electron chi connectivity index (χ4n) is 5.12. The van der Waals surface area contributed by atoms with Crippen LogP contribution < -0.4 is 15.1 Å². The molecule has 10 nitrogen and oxygen atoms in total. The van der Waals surface area contributed by atoms with Crippen LogP contribution in [-0.2, 0) is 10.9 Å². The molecular formula is C29H32F3N9O. The molecule has 0 radical (unpaired) electrons. The van der Waals surface area contributed by atoms with Crippen molar-refractivity contribution >= 4 is 23.3 Å². The molecule has 0 unspecified atom stereocenters. The third-order valence-corrected chi connectivity index (χ3v) is 7.54. The molecule has 2 aromatic heterocycles. The fraction of sp³-hybridized carbons (Fsp3) is 0.379. The molecule has 0 saturated carbocycles. The molecule has 2 aromatic carbocycles. The van der Waals surface area contributed by atoms with Gasteiger partial charge in [-0.3, -0.25) is 0 Å². The van der Waals surface area contributed by atoms with Crippen LogP contribution in [0.25, 0.3) is 16.9 Å². The average molecular weight is 580 g/mol. The van der Waals surface area contributed by atoms with Gasteiger partial charge in [0.25, 0.3) is 0 Å². The number of anilines is 4. The van der Waals surface area contributed by atoms with Gasteiger partial charge in [0.1, 0.15) is 6.33 Å². The van der Waals surface area contributed by atoms with Crippen LogP contribution in [0, 0.1) is 0 Å². The highest BCUT2D eigenvalue weighted by Gasteiger charge is 2.32. The number of ether oxygens (including phenoxy) is 1. The van der Waals surface area contributed by atoms with Crippen molar-refractivity contribution in [3.8, 4) is 16.9 Å². The van der Waals surface area contributed by atoms with Crippen LogP contribution in [0.15, 0.2) is 61.1 Å². The van der Waals surface area contributed by atoms with Crippen LogP contribution in [0.2, 0.25) is 0 Å². The minimum absolute atomic E-state index is 0.278. The minimum Gasteiger partial charge on any atom is -0.378 e. The summed E-state index contributed by atoms with van der Waals surface area (Å²) in [7, 11) is 0. The Balaban J connectivity index is 1.17. The van der Waals surface area contributed by atoms with E-state index in [1.165, 1.54) is 12.3 Å². The zero-order valence-electron chi connectivity index (χ0n) is 23.3. The summed E-state index contributed by atoms with van der Waals surface area (Å²) >= 11 is 0. The molecule has 6 rings (SSSR count). The van der Waals surface area contributed by atoms with Gasteiger partial charge in [0, 0.05) is 62.4 Å². The van der Waals surface area contributed by atoms with Crippen molar-refractivity contribution in [3.05, 3.63) is 66.6 Å². The molecular weight excluding hydrogens is 547 g/mol. The number of likely N-dealkylation sites (N-methyl/N-ethyl adjacent to an activating group) is 1. The number of alkyl halides is 3. The topological polar surface area (TPSA) is 87.5 Å². The fourth-order valence-corrected chi connectivity index (χ4v) is 5.12. The maximum absolute atomic E-state index is 13.8. The van der Waals surface area contributed by atoms with Crippen molar-refractivity contribution in [2.45, 2.75) is 13.1 Å². The van der Waals surface area contributed by atoms with Gasteiger partial charge in [0.15, 0.2) is 0 Å². The molecule has 4 heterocycles. The van der Waals surface area contributed by atoms with E-state index in [4.69, 9.17) is 4.74 Å². The smallest absolute Gasteiger partial charge is 0.378 e. The van der Waals surface area contributed by atoms with E-state index < -0.39 is 11.7 Å². The molecule has 0 amide bonds. The van der Waals surface area contributed by atoms with Crippen molar-refractivity contribution in [2.75, 3.05) is 74.1 Å². The Bertz CT molecular complexity index is 1490. The van der Waals surface area contributed by atoms with E-state index in [2.05, 4.69) is 42.1 Å². The van der Waals surface area contributed by atoms with Crippen LogP contribution >= 0.6 is 0 Å². The highest BCUT2D eigenvalue weighted by Crippen LogP contribution is 2.36. The second-order valence-electron chi connectivity index (χ2n) is 10.2. The van der Waals surface area contributed by atoms with E-state index in [1.807, 2.05) is 29.2 Å². The van der Waals surface area contributed by atoms with Gasteiger partial charge in [-0.2, -0.15) is 18.2 Å². The highest BCUT2D eigenvalue weighted by atomic mass is 19.4. The minimum atomic E-state index is -4.48. The number of halogens is 3. The molecule has 4 aromatic rings. The van der Waals surface area contributed by atoms with Crippen molar-refractivity contribution in [2.24, 2.45) is 0 Å². The van der Waals surface area contributed by atoms with Gasteiger partial charge >= 0.3 is 6.18 Å². The van der Waals surface area contributed by atoms with Crippen molar-refractivity contribution in [3.63, 3.8) is 0 Å². The largest absolute Gasteiger partial charge is 0.416 e. The molecule has 0 atom stereocenters. The van der Waals surface area contributed by atoms with Gasteiger partial charge in [0.2, 0.25) is 11.9 Å². The molecule has 0 aliphatic carbocycles. The first kappa shape index (κ1) is 27.9. The number of morpholine rings is 1. The number of rotatable bonds is 7. The summed E-state index contributed by atoms with van der Waals surface area (Å²) in [5.41, 5.74) is 2.10. The van der Waals surface area contributed by atoms with Gasteiger partial charge in [-0.25, -0.2) is 14.6 Å². The monoisotopic (exact) mass is 579 g/mol. The van der Waals surface area contributed by atoms with Gasteiger partial charge in [-0.1, -0.05) is 6.92 Å². The van der Waals surface area contributed by atoms with E-state index in [1.54, 1.807) is 23.1 Å². The average Bonchev–Trinajstić information content (AvgIpc) is 3.52. The van der Waals surface area contributed by atoms with Crippen LogP contribution in [0.3, 0.4) is 0 Å². The maximum atomic E-state index is 13.8. The number of nitrogens with one attached hydrogen (secondary N) is 1. The summed E-state index contributed by atoms with van der Waals surface area (Å²) in [6.45, 7) is 9.01. The maximum Gasteiger partial charge on any atom is 0.416 e. The SMILES string of the molecule is CCN1CCN(c2ncn(-c3ccc(Nc4nccc(-c5cc(N6CCOCC6)cc(C(F)(F)F)c5)n4)cc3)n2)CC1. The molecule has 13 heteroatoms. The van der Waals surface area contributed by atoms with Gasteiger partial charge in [0.05, 0.1) is 30.2 Å². The Hall–Kier alpha value is -4.23. The molecule has 42 heavy (non-hydrogen) atoms. The quantitative estimate of drug-likeness (QED) is 0.341. The third kappa shape index (κ3) is 6.31. The third-order valence-electron chi connectivity index (χ3n) is 7.54. The molecule has 2 aliphatic heterocycles. The molecule has 2 saturated heterocycles. The summed E-state index contributed by atoms with van der Waals surface area (Å²) in [6.07, 6.45) is -1.25. The second kappa shape index (κ2) is 11.9. The number of piperazine rings is 1. The number of aromatic nitrogens is 5. The molecule has 1 N–H and O–H groups in total.